The van der Waals surface area contributed by atoms with E-state index in [0.29, 0.717) is 11.3 Å². The van der Waals surface area contributed by atoms with E-state index in [-0.39, 0.29) is 23.7 Å². The fourth-order valence-corrected chi connectivity index (χ4v) is 1.76. The molecule has 0 bridgehead atoms. The van der Waals surface area contributed by atoms with Crippen molar-refractivity contribution in [2.75, 3.05) is 0 Å². The van der Waals surface area contributed by atoms with Crippen LogP contribution in [0.4, 0.5) is 5.69 Å². The summed E-state index contributed by atoms with van der Waals surface area (Å²) in [6.45, 7) is 0. The van der Waals surface area contributed by atoms with Crippen molar-refractivity contribution in [1.82, 2.24) is 9.55 Å². The number of benzene rings is 1. The number of aromatic nitrogens is 2. The molecule has 1 aromatic carbocycles. The van der Waals surface area contributed by atoms with Gasteiger partial charge in [0.1, 0.15) is 0 Å². The highest BCUT2D eigenvalue weighted by atomic mass is 16.6. The quantitative estimate of drug-likeness (QED) is 0.477. The first-order chi connectivity index (χ1) is 9.54. The zero-order chi connectivity index (χ0) is 14.7. The molecule has 0 aliphatic heterocycles. The van der Waals surface area contributed by atoms with E-state index in [1.807, 2.05) is 6.07 Å². The van der Waals surface area contributed by atoms with Gasteiger partial charge in [-0.3, -0.25) is 14.9 Å². The first kappa shape index (κ1) is 13.4. The number of hydrogen-bond donors (Lipinski definition) is 0. The monoisotopic (exact) mass is 270 g/mol. The number of ketones is 1. The van der Waals surface area contributed by atoms with Crippen LogP contribution in [0.3, 0.4) is 0 Å². The molecule has 0 amide bonds. The van der Waals surface area contributed by atoms with Crippen LogP contribution >= 0.6 is 0 Å². The van der Waals surface area contributed by atoms with Gasteiger partial charge < -0.3 is 4.57 Å². The molecule has 0 atom stereocenters. The lowest BCUT2D eigenvalue weighted by molar-refractivity contribution is -0.384. The van der Waals surface area contributed by atoms with Gasteiger partial charge in [-0.1, -0.05) is 0 Å². The minimum Gasteiger partial charge on any atom is -0.327 e. The summed E-state index contributed by atoms with van der Waals surface area (Å²) >= 11 is 0. The van der Waals surface area contributed by atoms with E-state index >= 15 is 0 Å². The lowest BCUT2D eigenvalue weighted by Crippen LogP contribution is -2.10. The lowest BCUT2D eigenvalue weighted by atomic mass is 10.1. The number of hydrogen-bond acceptors (Lipinski definition) is 5. The normalized spacial score (nSPS) is 10.0. The highest BCUT2D eigenvalue weighted by molar-refractivity contribution is 6.06. The van der Waals surface area contributed by atoms with E-state index in [1.54, 1.807) is 11.6 Å². The Labute approximate surface area is 114 Å². The van der Waals surface area contributed by atoms with Crippen molar-refractivity contribution < 1.29 is 9.72 Å². The average molecular weight is 270 g/mol. The van der Waals surface area contributed by atoms with E-state index in [1.165, 1.54) is 30.5 Å². The second-order valence-electron chi connectivity index (χ2n) is 4.10. The highest BCUT2D eigenvalue weighted by Gasteiger charge is 2.17. The average Bonchev–Trinajstić information content (AvgIpc) is 2.80. The van der Waals surface area contributed by atoms with Crippen molar-refractivity contribution in [3.8, 4) is 6.07 Å². The number of nitriles is 1. The zero-order valence-electron chi connectivity index (χ0n) is 10.6. The molecule has 1 heterocycles. The molecule has 2 rings (SSSR count). The van der Waals surface area contributed by atoms with Crippen molar-refractivity contribution in [2.45, 2.75) is 6.42 Å². The molecule has 0 saturated heterocycles. The molecule has 2 aromatic rings. The largest absolute Gasteiger partial charge is 0.327 e. The van der Waals surface area contributed by atoms with E-state index in [4.69, 9.17) is 5.26 Å². The summed E-state index contributed by atoms with van der Waals surface area (Å²) in [7, 11) is 1.65. The van der Waals surface area contributed by atoms with Crippen LogP contribution in [-0.4, -0.2) is 20.3 Å². The van der Waals surface area contributed by atoms with Gasteiger partial charge in [0.2, 0.25) is 5.78 Å². The molecule has 0 aliphatic carbocycles. The number of non-ortho nitro benzene ring substituents is 1. The standard InChI is InChI=1S/C13H10N4O3/c1-16-11(6-7-14)8-15-13(16)12(18)9-2-4-10(5-3-9)17(19)20/h2-5,8H,6H2,1H3. The van der Waals surface area contributed by atoms with Gasteiger partial charge in [0.05, 0.1) is 29.3 Å². The molecule has 0 unspecified atom stereocenters. The molecule has 0 N–H and O–H groups in total. The number of nitro benzene ring substituents is 1. The molecule has 1 aromatic heterocycles. The van der Waals surface area contributed by atoms with Crippen LogP contribution in [0.5, 0.6) is 0 Å². The summed E-state index contributed by atoms with van der Waals surface area (Å²) in [6.07, 6.45) is 1.64. The van der Waals surface area contributed by atoms with Gasteiger partial charge in [0, 0.05) is 24.7 Å². The van der Waals surface area contributed by atoms with Crippen molar-refractivity contribution in [2.24, 2.45) is 7.05 Å². The fourth-order valence-electron chi connectivity index (χ4n) is 1.76. The number of carbonyl (C=O) groups excluding carboxylic acids is 1. The number of carbonyl (C=O) groups is 1. The number of rotatable bonds is 4. The maximum atomic E-state index is 12.2. The van der Waals surface area contributed by atoms with Gasteiger partial charge in [-0.25, -0.2) is 4.98 Å². The van der Waals surface area contributed by atoms with Crippen molar-refractivity contribution in [3.05, 3.63) is 57.7 Å². The Kier molecular flexibility index (Phi) is 3.57. The number of imidazole rings is 1. The number of nitrogens with zero attached hydrogens (tertiary/aromatic N) is 4. The predicted molar refractivity (Wildman–Crippen MR) is 69.1 cm³/mol. The summed E-state index contributed by atoms with van der Waals surface area (Å²) < 4.78 is 1.55. The molecule has 0 spiro atoms. The lowest BCUT2D eigenvalue weighted by Gasteiger charge is -2.03. The van der Waals surface area contributed by atoms with E-state index in [9.17, 15) is 14.9 Å². The second-order valence-corrected chi connectivity index (χ2v) is 4.10. The summed E-state index contributed by atoms with van der Waals surface area (Å²) in [5.74, 6) is -0.143. The van der Waals surface area contributed by atoms with Crippen molar-refractivity contribution in [3.63, 3.8) is 0 Å². The minimum atomic E-state index is -0.528. The summed E-state index contributed by atoms with van der Waals surface area (Å²) in [4.78, 5) is 26.3. The van der Waals surface area contributed by atoms with E-state index in [0.717, 1.165) is 0 Å². The molecule has 0 radical (unpaired) electrons. The van der Waals surface area contributed by atoms with Crippen LogP contribution in [0.2, 0.25) is 0 Å². The third-order valence-electron chi connectivity index (χ3n) is 2.89. The van der Waals surface area contributed by atoms with Crippen LogP contribution in [-0.2, 0) is 13.5 Å². The fraction of sp³-hybridized carbons (Fsp3) is 0.154. The summed E-state index contributed by atoms with van der Waals surface area (Å²) in [5.41, 5.74) is 0.872. The first-order valence-corrected chi connectivity index (χ1v) is 5.71. The maximum Gasteiger partial charge on any atom is 0.269 e. The molecular weight excluding hydrogens is 260 g/mol. The van der Waals surface area contributed by atoms with Crippen molar-refractivity contribution in [1.29, 1.82) is 5.26 Å². The zero-order valence-corrected chi connectivity index (χ0v) is 10.6. The van der Waals surface area contributed by atoms with E-state index < -0.39 is 4.92 Å². The highest BCUT2D eigenvalue weighted by Crippen LogP contribution is 2.15. The summed E-state index contributed by atoms with van der Waals surface area (Å²) in [6, 6.07) is 7.31. The van der Waals surface area contributed by atoms with Gasteiger partial charge in [0.25, 0.3) is 5.69 Å². The van der Waals surface area contributed by atoms with Crippen LogP contribution in [0.15, 0.2) is 30.5 Å². The van der Waals surface area contributed by atoms with E-state index in [2.05, 4.69) is 4.98 Å². The Bertz CT molecular complexity index is 710. The van der Waals surface area contributed by atoms with Gasteiger partial charge in [-0.05, 0) is 12.1 Å². The van der Waals surface area contributed by atoms with Gasteiger partial charge >= 0.3 is 0 Å². The van der Waals surface area contributed by atoms with Gasteiger partial charge in [0.15, 0.2) is 5.82 Å². The van der Waals surface area contributed by atoms with Crippen LogP contribution in [0.1, 0.15) is 21.9 Å². The molecule has 20 heavy (non-hydrogen) atoms. The Balaban J connectivity index is 2.32. The van der Waals surface area contributed by atoms with Gasteiger partial charge in [-0.15, -0.1) is 0 Å². The molecular formula is C13H10N4O3. The molecule has 7 nitrogen and oxygen atoms in total. The predicted octanol–water partition coefficient (Wildman–Crippen LogP) is 1.63. The molecule has 0 saturated carbocycles. The van der Waals surface area contributed by atoms with Crippen LogP contribution in [0, 0.1) is 21.4 Å². The van der Waals surface area contributed by atoms with Gasteiger partial charge in [-0.2, -0.15) is 5.26 Å². The second kappa shape index (κ2) is 5.32. The first-order valence-electron chi connectivity index (χ1n) is 5.71. The van der Waals surface area contributed by atoms with Crippen LogP contribution in [0.25, 0.3) is 0 Å². The minimum absolute atomic E-state index is 0.0773. The third kappa shape index (κ3) is 2.40. The Morgan fingerprint density at radius 1 is 1.45 bits per heavy atom. The Morgan fingerprint density at radius 3 is 2.65 bits per heavy atom. The maximum absolute atomic E-state index is 12.2. The van der Waals surface area contributed by atoms with Crippen LogP contribution < -0.4 is 0 Å². The third-order valence-corrected chi connectivity index (χ3v) is 2.89. The Morgan fingerprint density at radius 2 is 2.10 bits per heavy atom. The number of nitro groups is 1. The smallest absolute Gasteiger partial charge is 0.269 e. The molecule has 0 aliphatic rings. The molecule has 7 heteroatoms. The molecule has 0 fully saturated rings. The SMILES string of the molecule is Cn1c(CC#N)cnc1C(=O)c1ccc([N+](=O)[O-])cc1. The van der Waals surface area contributed by atoms with Crippen molar-refractivity contribution >= 4 is 11.5 Å². The summed E-state index contributed by atoms with van der Waals surface area (Å²) in [5, 5.41) is 19.2. The topological polar surface area (TPSA) is 102 Å². The molecule has 100 valence electrons. The Hall–Kier alpha value is -3.01.